The number of hydrogen-bond acceptors (Lipinski definition) is 2. The Balaban J connectivity index is 1.81. The van der Waals surface area contributed by atoms with Crippen molar-refractivity contribution in [1.82, 2.24) is 0 Å². The molecule has 20 heavy (non-hydrogen) atoms. The molecule has 0 saturated heterocycles. The molecule has 2 aromatic rings. The van der Waals surface area contributed by atoms with Gasteiger partial charge in [-0.1, -0.05) is 30.3 Å². The molecule has 2 nitrogen and oxygen atoms in total. The number of nitriles is 1. The van der Waals surface area contributed by atoms with Crippen LogP contribution in [0.5, 0.6) is 0 Å². The van der Waals surface area contributed by atoms with E-state index in [1.807, 2.05) is 18.2 Å². The van der Waals surface area contributed by atoms with Crippen LogP contribution in [-0.2, 0) is 12.8 Å². The van der Waals surface area contributed by atoms with Crippen molar-refractivity contribution >= 4 is 21.6 Å². The van der Waals surface area contributed by atoms with Crippen LogP contribution in [0.2, 0.25) is 0 Å². The van der Waals surface area contributed by atoms with Gasteiger partial charge in [0.25, 0.3) is 0 Å². The van der Waals surface area contributed by atoms with Gasteiger partial charge in [0.05, 0.1) is 11.3 Å². The Hall–Kier alpha value is -1.79. The zero-order valence-electron chi connectivity index (χ0n) is 11.1. The fourth-order valence-corrected chi connectivity index (χ4v) is 3.25. The Morgan fingerprint density at radius 1 is 1.10 bits per heavy atom. The van der Waals surface area contributed by atoms with E-state index in [0.29, 0.717) is 11.6 Å². The van der Waals surface area contributed by atoms with Crippen LogP contribution in [-0.4, -0.2) is 6.04 Å². The number of benzene rings is 2. The van der Waals surface area contributed by atoms with Gasteiger partial charge in [-0.2, -0.15) is 5.26 Å². The summed E-state index contributed by atoms with van der Waals surface area (Å²) in [6, 6.07) is 17.1. The normalized spacial score (nSPS) is 17.1. The van der Waals surface area contributed by atoms with Crippen molar-refractivity contribution in [1.29, 1.82) is 5.26 Å². The first-order valence-corrected chi connectivity index (χ1v) is 7.59. The summed E-state index contributed by atoms with van der Waals surface area (Å²) in [5.74, 6) is 0. The number of anilines is 1. The molecular formula is C17H15BrN2. The van der Waals surface area contributed by atoms with Crippen LogP contribution in [0.3, 0.4) is 0 Å². The maximum Gasteiger partial charge on any atom is 0.103 e. The minimum absolute atomic E-state index is 0.395. The van der Waals surface area contributed by atoms with Gasteiger partial charge in [-0.25, -0.2) is 0 Å². The summed E-state index contributed by atoms with van der Waals surface area (Å²) in [6.45, 7) is 0. The summed E-state index contributed by atoms with van der Waals surface area (Å²) in [5.41, 5.74) is 4.49. The van der Waals surface area contributed by atoms with E-state index in [1.54, 1.807) is 0 Å². The molecule has 3 rings (SSSR count). The van der Waals surface area contributed by atoms with E-state index in [9.17, 15) is 5.26 Å². The summed E-state index contributed by atoms with van der Waals surface area (Å²) in [7, 11) is 0. The van der Waals surface area contributed by atoms with Gasteiger partial charge in [0.15, 0.2) is 0 Å². The molecule has 0 aliphatic heterocycles. The smallest absolute Gasteiger partial charge is 0.103 e. The predicted octanol–water partition coefficient (Wildman–Crippen LogP) is 4.29. The van der Waals surface area contributed by atoms with E-state index in [-0.39, 0.29) is 0 Å². The largest absolute Gasteiger partial charge is 0.381 e. The van der Waals surface area contributed by atoms with Gasteiger partial charge in [0, 0.05) is 10.5 Å². The van der Waals surface area contributed by atoms with Crippen molar-refractivity contribution in [2.24, 2.45) is 0 Å². The standard InChI is InChI=1S/C17H15BrN2/c18-16-6-3-7-17(15(16)11-19)20-14-9-8-12-4-1-2-5-13(12)10-14/h1-7,14,20H,8-10H2. The topological polar surface area (TPSA) is 35.8 Å². The number of hydrogen-bond donors (Lipinski definition) is 1. The second-order valence-corrected chi connectivity index (χ2v) is 5.98. The highest BCUT2D eigenvalue weighted by molar-refractivity contribution is 9.10. The highest BCUT2D eigenvalue weighted by atomic mass is 79.9. The van der Waals surface area contributed by atoms with Gasteiger partial charge >= 0.3 is 0 Å². The number of fused-ring (bicyclic) bond motifs is 1. The second-order valence-electron chi connectivity index (χ2n) is 5.13. The van der Waals surface area contributed by atoms with Gasteiger partial charge < -0.3 is 5.32 Å². The first-order chi connectivity index (χ1) is 9.78. The Morgan fingerprint density at radius 3 is 2.70 bits per heavy atom. The third kappa shape index (κ3) is 2.57. The molecule has 0 spiro atoms. The summed E-state index contributed by atoms with van der Waals surface area (Å²) in [6.07, 6.45) is 3.23. The molecule has 2 aromatic carbocycles. The molecule has 0 radical (unpaired) electrons. The first kappa shape index (κ1) is 13.2. The summed E-state index contributed by atoms with van der Waals surface area (Å²) >= 11 is 3.44. The maximum atomic E-state index is 9.27. The van der Waals surface area contributed by atoms with Gasteiger partial charge in [0.1, 0.15) is 6.07 Å². The Kier molecular flexibility index (Phi) is 3.75. The van der Waals surface area contributed by atoms with Crippen LogP contribution in [0, 0.1) is 11.3 Å². The lowest BCUT2D eigenvalue weighted by Crippen LogP contribution is -2.27. The molecule has 1 unspecified atom stereocenters. The average molecular weight is 327 g/mol. The quantitative estimate of drug-likeness (QED) is 0.893. The van der Waals surface area contributed by atoms with E-state index in [4.69, 9.17) is 0 Å². The maximum absolute atomic E-state index is 9.27. The van der Waals surface area contributed by atoms with Crippen molar-refractivity contribution in [3.8, 4) is 6.07 Å². The molecule has 1 N–H and O–H groups in total. The zero-order chi connectivity index (χ0) is 13.9. The van der Waals surface area contributed by atoms with Crippen molar-refractivity contribution in [3.63, 3.8) is 0 Å². The number of halogens is 1. The van der Waals surface area contributed by atoms with Crippen molar-refractivity contribution in [3.05, 3.63) is 63.6 Å². The number of rotatable bonds is 2. The van der Waals surface area contributed by atoms with Gasteiger partial charge in [-0.05, 0) is 58.5 Å². The lowest BCUT2D eigenvalue weighted by Gasteiger charge is -2.26. The van der Waals surface area contributed by atoms with Crippen LogP contribution < -0.4 is 5.32 Å². The Bertz CT molecular complexity index is 673. The van der Waals surface area contributed by atoms with E-state index >= 15 is 0 Å². The first-order valence-electron chi connectivity index (χ1n) is 6.80. The average Bonchev–Trinajstić information content (AvgIpc) is 2.47. The predicted molar refractivity (Wildman–Crippen MR) is 84.7 cm³/mol. The molecule has 0 aromatic heterocycles. The van der Waals surface area contributed by atoms with Crippen LogP contribution in [0.15, 0.2) is 46.9 Å². The molecule has 0 fully saturated rings. The van der Waals surface area contributed by atoms with Crippen LogP contribution in [0.1, 0.15) is 23.1 Å². The van der Waals surface area contributed by atoms with Crippen LogP contribution >= 0.6 is 15.9 Å². The van der Waals surface area contributed by atoms with Crippen molar-refractivity contribution in [2.45, 2.75) is 25.3 Å². The highest BCUT2D eigenvalue weighted by Gasteiger charge is 2.19. The number of nitrogens with one attached hydrogen (secondary N) is 1. The highest BCUT2D eigenvalue weighted by Crippen LogP contribution is 2.28. The molecule has 1 atom stereocenters. The van der Waals surface area contributed by atoms with Crippen LogP contribution in [0.4, 0.5) is 5.69 Å². The molecule has 3 heteroatoms. The lowest BCUT2D eigenvalue weighted by molar-refractivity contribution is 0.611. The minimum Gasteiger partial charge on any atom is -0.381 e. The van der Waals surface area contributed by atoms with E-state index in [2.05, 4.69) is 51.6 Å². The van der Waals surface area contributed by atoms with E-state index in [0.717, 1.165) is 29.4 Å². The monoisotopic (exact) mass is 326 g/mol. The zero-order valence-corrected chi connectivity index (χ0v) is 12.7. The van der Waals surface area contributed by atoms with Gasteiger partial charge in [0.2, 0.25) is 0 Å². The van der Waals surface area contributed by atoms with Crippen molar-refractivity contribution < 1.29 is 0 Å². The molecule has 0 bridgehead atoms. The Morgan fingerprint density at radius 2 is 1.90 bits per heavy atom. The molecule has 0 saturated carbocycles. The summed E-state index contributed by atoms with van der Waals surface area (Å²) in [5, 5.41) is 12.8. The molecule has 1 aliphatic rings. The number of aryl methyl sites for hydroxylation is 1. The van der Waals surface area contributed by atoms with E-state index in [1.165, 1.54) is 11.1 Å². The summed E-state index contributed by atoms with van der Waals surface area (Å²) in [4.78, 5) is 0. The van der Waals surface area contributed by atoms with Gasteiger partial charge in [-0.3, -0.25) is 0 Å². The molecule has 0 amide bonds. The fourth-order valence-electron chi connectivity index (χ4n) is 2.80. The lowest BCUT2D eigenvalue weighted by atomic mass is 9.88. The fraction of sp³-hybridized carbons (Fsp3) is 0.235. The molecular weight excluding hydrogens is 312 g/mol. The van der Waals surface area contributed by atoms with E-state index < -0.39 is 0 Å². The minimum atomic E-state index is 0.395. The summed E-state index contributed by atoms with van der Waals surface area (Å²) < 4.78 is 0.848. The van der Waals surface area contributed by atoms with Gasteiger partial charge in [-0.15, -0.1) is 0 Å². The number of nitrogens with zero attached hydrogens (tertiary/aromatic N) is 1. The third-order valence-corrected chi connectivity index (χ3v) is 4.49. The Labute approximate surface area is 127 Å². The second kappa shape index (κ2) is 5.68. The molecule has 0 heterocycles. The van der Waals surface area contributed by atoms with Crippen molar-refractivity contribution in [2.75, 3.05) is 5.32 Å². The van der Waals surface area contributed by atoms with Crippen LogP contribution in [0.25, 0.3) is 0 Å². The molecule has 1 aliphatic carbocycles. The SMILES string of the molecule is N#Cc1c(Br)cccc1NC1CCc2ccccc2C1. The molecule has 100 valence electrons. The third-order valence-electron chi connectivity index (χ3n) is 3.83.